The summed E-state index contributed by atoms with van der Waals surface area (Å²) in [4.78, 5) is 10.8. The minimum Gasteiger partial charge on any atom is -0.494 e. The van der Waals surface area contributed by atoms with Crippen molar-refractivity contribution in [3.63, 3.8) is 0 Å². The maximum Gasteiger partial charge on any atom is 0.303 e. The summed E-state index contributed by atoms with van der Waals surface area (Å²) in [6, 6.07) is 5.54. The second-order valence-corrected chi connectivity index (χ2v) is 4.06. The molecule has 0 fully saturated rings. The van der Waals surface area contributed by atoms with E-state index in [4.69, 9.17) is 14.6 Å². The Morgan fingerprint density at radius 3 is 2.50 bits per heavy atom. The molecule has 0 heterocycles. The summed E-state index contributed by atoms with van der Waals surface area (Å²) >= 11 is 0. The first kappa shape index (κ1) is 14.4. The third-order valence-electron chi connectivity index (χ3n) is 2.60. The molecular formula is C14H20O4. The zero-order chi connectivity index (χ0) is 13.5. The molecule has 0 saturated heterocycles. The summed E-state index contributed by atoms with van der Waals surface area (Å²) in [5.74, 6) is 0.555. The summed E-state index contributed by atoms with van der Waals surface area (Å²) in [7, 11) is 0. The summed E-state index contributed by atoms with van der Waals surface area (Å²) < 4.78 is 11.0. The number of benzene rings is 1. The number of aliphatic carboxylic acids is 1. The number of carboxylic acids is 1. The maximum absolute atomic E-state index is 10.8. The average molecular weight is 252 g/mol. The van der Waals surface area contributed by atoms with Gasteiger partial charge in [-0.25, -0.2) is 0 Å². The Morgan fingerprint density at radius 1 is 1.28 bits per heavy atom. The average Bonchev–Trinajstić information content (AvgIpc) is 2.30. The van der Waals surface area contributed by atoms with Crippen LogP contribution in [0.4, 0.5) is 0 Å². The second-order valence-electron chi connectivity index (χ2n) is 4.06. The van der Waals surface area contributed by atoms with E-state index in [-0.39, 0.29) is 12.3 Å². The smallest absolute Gasteiger partial charge is 0.303 e. The molecule has 1 aromatic carbocycles. The molecule has 100 valence electrons. The van der Waals surface area contributed by atoms with Gasteiger partial charge < -0.3 is 14.6 Å². The quantitative estimate of drug-likeness (QED) is 0.810. The van der Waals surface area contributed by atoms with Gasteiger partial charge in [0, 0.05) is 5.56 Å². The lowest BCUT2D eigenvalue weighted by atomic mass is 9.96. The minimum atomic E-state index is -0.813. The van der Waals surface area contributed by atoms with E-state index in [1.807, 2.05) is 39.0 Å². The molecule has 0 saturated carbocycles. The first-order valence-electron chi connectivity index (χ1n) is 6.19. The normalized spacial score (nSPS) is 11.9. The third-order valence-corrected chi connectivity index (χ3v) is 2.60. The molecule has 0 amide bonds. The van der Waals surface area contributed by atoms with Gasteiger partial charge in [0.1, 0.15) is 11.5 Å². The zero-order valence-electron chi connectivity index (χ0n) is 11.1. The highest BCUT2D eigenvalue weighted by Gasteiger charge is 2.16. The number of carboxylic acid groups (broad SMARTS) is 1. The van der Waals surface area contributed by atoms with Crippen molar-refractivity contribution >= 4 is 5.97 Å². The van der Waals surface area contributed by atoms with Crippen molar-refractivity contribution in [1.29, 1.82) is 0 Å². The Kier molecular flexibility index (Phi) is 5.49. The highest BCUT2D eigenvalue weighted by molar-refractivity contribution is 5.68. The SMILES string of the molecule is CCOc1ccc(OCC)c(C(C)CC(=O)O)c1. The van der Waals surface area contributed by atoms with Gasteiger partial charge >= 0.3 is 5.97 Å². The summed E-state index contributed by atoms with van der Waals surface area (Å²) in [5, 5.41) is 8.87. The summed E-state index contributed by atoms with van der Waals surface area (Å²) in [6.45, 7) is 6.84. The van der Waals surface area contributed by atoms with E-state index in [9.17, 15) is 4.79 Å². The number of ether oxygens (including phenoxy) is 2. The predicted molar refractivity (Wildman–Crippen MR) is 69.4 cm³/mol. The lowest BCUT2D eigenvalue weighted by Crippen LogP contribution is -2.06. The predicted octanol–water partition coefficient (Wildman–Crippen LogP) is 3.06. The van der Waals surface area contributed by atoms with E-state index in [1.165, 1.54) is 0 Å². The number of rotatable bonds is 7. The molecule has 1 unspecified atom stereocenters. The van der Waals surface area contributed by atoms with Gasteiger partial charge in [-0.1, -0.05) is 6.92 Å². The van der Waals surface area contributed by atoms with E-state index in [1.54, 1.807) is 0 Å². The lowest BCUT2D eigenvalue weighted by molar-refractivity contribution is -0.137. The zero-order valence-corrected chi connectivity index (χ0v) is 11.1. The van der Waals surface area contributed by atoms with Crippen LogP contribution in [0, 0.1) is 0 Å². The van der Waals surface area contributed by atoms with Crippen molar-refractivity contribution < 1.29 is 19.4 Å². The van der Waals surface area contributed by atoms with Crippen molar-refractivity contribution in [1.82, 2.24) is 0 Å². The van der Waals surface area contributed by atoms with Crippen LogP contribution in [0.25, 0.3) is 0 Å². The molecule has 4 heteroatoms. The molecule has 0 radical (unpaired) electrons. The monoisotopic (exact) mass is 252 g/mol. The van der Waals surface area contributed by atoms with Crippen molar-refractivity contribution in [3.05, 3.63) is 23.8 Å². The molecule has 0 bridgehead atoms. The highest BCUT2D eigenvalue weighted by atomic mass is 16.5. The van der Waals surface area contributed by atoms with Gasteiger partial charge in [-0.05, 0) is 38.0 Å². The van der Waals surface area contributed by atoms with Crippen LogP contribution in [0.5, 0.6) is 11.5 Å². The van der Waals surface area contributed by atoms with E-state index in [0.717, 1.165) is 17.1 Å². The molecule has 4 nitrogen and oxygen atoms in total. The van der Waals surface area contributed by atoms with Gasteiger partial charge in [-0.15, -0.1) is 0 Å². The highest BCUT2D eigenvalue weighted by Crippen LogP contribution is 2.32. The van der Waals surface area contributed by atoms with Crippen molar-refractivity contribution in [2.24, 2.45) is 0 Å². The Morgan fingerprint density at radius 2 is 1.94 bits per heavy atom. The van der Waals surface area contributed by atoms with E-state index in [2.05, 4.69) is 0 Å². The van der Waals surface area contributed by atoms with Gasteiger partial charge in [-0.3, -0.25) is 4.79 Å². The van der Waals surface area contributed by atoms with Gasteiger partial charge in [0.05, 0.1) is 19.6 Å². The summed E-state index contributed by atoms with van der Waals surface area (Å²) in [6.07, 6.45) is 0.0790. The van der Waals surface area contributed by atoms with Gasteiger partial charge in [0.2, 0.25) is 0 Å². The van der Waals surface area contributed by atoms with Crippen LogP contribution in [0.15, 0.2) is 18.2 Å². The molecule has 1 aromatic rings. The molecule has 0 aliphatic heterocycles. The van der Waals surface area contributed by atoms with Crippen LogP contribution in [0.3, 0.4) is 0 Å². The Labute approximate surface area is 108 Å². The molecule has 0 spiro atoms. The molecule has 0 aliphatic rings. The third kappa shape index (κ3) is 3.95. The van der Waals surface area contributed by atoms with E-state index in [0.29, 0.717) is 13.2 Å². The second kappa shape index (κ2) is 6.89. The molecule has 18 heavy (non-hydrogen) atoms. The topological polar surface area (TPSA) is 55.8 Å². The molecule has 1 rings (SSSR count). The van der Waals surface area contributed by atoms with Gasteiger partial charge in [0.15, 0.2) is 0 Å². The number of hydrogen-bond donors (Lipinski definition) is 1. The Hall–Kier alpha value is -1.71. The van der Waals surface area contributed by atoms with Crippen molar-refractivity contribution in [2.45, 2.75) is 33.1 Å². The van der Waals surface area contributed by atoms with Crippen LogP contribution in [0.1, 0.15) is 38.7 Å². The lowest BCUT2D eigenvalue weighted by Gasteiger charge is -2.16. The van der Waals surface area contributed by atoms with E-state index >= 15 is 0 Å². The molecule has 1 atom stereocenters. The molecular weight excluding hydrogens is 232 g/mol. The summed E-state index contributed by atoms with van der Waals surface area (Å²) in [5.41, 5.74) is 0.880. The first-order valence-corrected chi connectivity index (χ1v) is 6.19. The number of hydrogen-bond acceptors (Lipinski definition) is 3. The van der Waals surface area contributed by atoms with Crippen LogP contribution in [0.2, 0.25) is 0 Å². The minimum absolute atomic E-state index is 0.0790. The molecule has 1 N–H and O–H groups in total. The fourth-order valence-electron chi connectivity index (χ4n) is 1.83. The maximum atomic E-state index is 10.8. The molecule has 0 aromatic heterocycles. The van der Waals surface area contributed by atoms with Crippen molar-refractivity contribution in [2.75, 3.05) is 13.2 Å². The van der Waals surface area contributed by atoms with Crippen LogP contribution < -0.4 is 9.47 Å². The molecule has 0 aliphatic carbocycles. The van der Waals surface area contributed by atoms with Crippen LogP contribution in [-0.4, -0.2) is 24.3 Å². The van der Waals surface area contributed by atoms with E-state index < -0.39 is 5.97 Å². The van der Waals surface area contributed by atoms with Crippen molar-refractivity contribution in [3.8, 4) is 11.5 Å². The Balaban J connectivity index is 3.01. The van der Waals surface area contributed by atoms with Gasteiger partial charge in [0.25, 0.3) is 0 Å². The fraction of sp³-hybridized carbons (Fsp3) is 0.500. The largest absolute Gasteiger partial charge is 0.494 e. The van der Waals surface area contributed by atoms with Crippen LogP contribution >= 0.6 is 0 Å². The number of carbonyl (C=O) groups is 1. The fourth-order valence-corrected chi connectivity index (χ4v) is 1.83. The van der Waals surface area contributed by atoms with Crippen LogP contribution in [-0.2, 0) is 4.79 Å². The standard InChI is InChI=1S/C14H20O4/c1-4-17-11-6-7-13(18-5-2)12(9-11)10(3)8-14(15)16/h6-7,9-10H,4-5,8H2,1-3H3,(H,15,16). The van der Waals surface area contributed by atoms with Gasteiger partial charge in [-0.2, -0.15) is 0 Å². The Bertz CT molecular complexity index is 401. The first-order chi connectivity index (χ1) is 8.58.